The molecule has 1 aromatic carbocycles. The van der Waals surface area contributed by atoms with Crippen LogP contribution < -0.4 is 10.1 Å². The van der Waals surface area contributed by atoms with Gasteiger partial charge < -0.3 is 15.2 Å². The first-order valence-electron chi connectivity index (χ1n) is 3.90. The van der Waals surface area contributed by atoms with Crippen molar-refractivity contribution in [2.24, 2.45) is 0 Å². The highest BCUT2D eigenvalue weighted by atomic mass is 35.5. The molecule has 0 atom stereocenters. The predicted octanol–water partition coefficient (Wildman–Crippen LogP) is 1.58. The zero-order chi connectivity index (χ0) is 10.6. The minimum Gasteiger partial charge on any atom is -0.508 e. The first-order chi connectivity index (χ1) is 6.67. The molecule has 0 fully saturated rings. The van der Waals surface area contributed by atoms with Crippen molar-refractivity contribution >= 4 is 23.2 Å². The van der Waals surface area contributed by atoms with Crippen LogP contribution in [-0.4, -0.2) is 24.0 Å². The van der Waals surface area contributed by atoms with Gasteiger partial charge in [0.05, 0.1) is 12.8 Å². The predicted molar refractivity (Wildman–Crippen MR) is 54.0 cm³/mol. The fourth-order valence-electron chi connectivity index (χ4n) is 0.967. The van der Waals surface area contributed by atoms with Crippen LogP contribution in [0.15, 0.2) is 18.2 Å². The Morgan fingerprint density at radius 3 is 2.93 bits per heavy atom. The van der Waals surface area contributed by atoms with E-state index < -0.39 is 0 Å². The Morgan fingerprint density at radius 1 is 1.64 bits per heavy atom. The van der Waals surface area contributed by atoms with Crippen molar-refractivity contribution < 1.29 is 14.6 Å². The highest BCUT2D eigenvalue weighted by Crippen LogP contribution is 2.28. The van der Waals surface area contributed by atoms with Gasteiger partial charge in [-0.25, -0.2) is 0 Å². The lowest BCUT2D eigenvalue weighted by molar-refractivity contribution is -0.113. The van der Waals surface area contributed by atoms with E-state index in [1.165, 1.54) is 19.2 Å². The Kier molecular flexibility index (Phi) is 3.59. The highest BCUT2D eigenvalue weighted by molar-refractivity contribution is 6.29. The quantitative estimate of drug-likeness (QED) is 0.595. The molecule has 5 heteroatoms. The van der Waals surface area contributed by atoms with E-state index in [0.29, 0.717) is 11.4 Å². The van der Waals surface area contributed by atoms with Crippen molar-refractivity contribution in [1.29, 1.82) is 0 Å². The molecule has 0 bridgehead atoms. The summed E-state index contributed by atoms with van der Waals surface area (Å²) in [5.74, 6) is 0.0224. The van der Waals surface area contributed by atoms with Crippen molar-refractivity contribution in [1.82, 2.24) is 0 Å². The van der Waals surface area contributed by atoms with Crippen LogP contribution in [0.4, 0.5) is 5.69 Å². The summed E-state index contributed by atoms with van der Waals surface area (Å²) in [4.78, 5) is 11.0. The number of rotatable bonds is 3. The molecule has 1 rings (SSSR count). The number of halogens is 1. The summed E-state index contributed by atoms with van der Waals surface area (Å²) in [6.07, 6.45) is 0. The molecule has 1 amide bonds. The lowest BCUT2D eigenvalue weighted by Crippen LogP contribution is -2.13. The summed E-state index contributed by atoms with van der Waals surface area (Å²) in [6, 6.07) is 4.40. The van der Waals surface area contributed by atoms with Crippen molar-refractivity contribution in [2.45, 2.75) is 0 Å². The van der Waals surface area contributed by atoms with Crippen molar-refractivity contribution in [2.75, 3.05) is 18.3 Å². The molecule has 0 saturated heterocycles. The molecule has 1 aromatic rings. The normalized spacial score (nSPS) is 9.57. The Morgan fingerprint density at radius 2 is 2.36 bits per heavy atom. The molecule has 4 nitrogen and oxygen atoms in total. The van der Waals surface area contributed by atoms with Crippen molar-refractivity contribution in [3.05, 3.63) is 18.2 Å². The number of alkyl halides is 1. The minimum atomic E-state index is -0.323. The summed E-state index contributed by atoms with van der Waals surface area (Å²) < 4.78 is 4.95. The molecule has 0 radical (unpaired) electrons. The lowest BCUT2D eigenvalue weighted by Gasteiger charge is -2.08. The molecule has 0 aliphatic carbocycles. The third-order valence-corrected chi connectivity index (χ3v) is 1.82. The summed E-state index contributed by atoms with van der Waals surface area (Å²) in [7, 11) is 1.45. The zero-order valence-electron chi connectivity index (χ0n) is 7.58. The van der Waals surface area contributed by atoms with E-state index in [9.17, 15) is 4.79 Å². The van der Waals surface area contributed by atoms with E-state index in [-0.39, 0.29) is 17.5 Å². The Bertz CT molecular complexity index is 341. The summed E-state index contributed by atoms with van der Waals surface area (Å²) in [6.45, 7) is 0. The van der Waals surface area contributed by atoms with Crippen molar-refractivity contribution in [3.8, 4) is 11.5 Å². The Labute approximate surface area is 86.4 Å². The smallest absolute Gasteiger partial charge is 0.239 e. The van der Waals surface area contributed by atoms with Gasteiger partial charge in [-0.15, -0.1) is 11.6 Å². The Hall–Kier alpha value is -1.42. The number of hydrogen-bond donors (Lipinski definition) is 2. The number of aromatic hydroxyl groups is 1. The van der Waals surface area contributed by atoms with Crippen LogP contribution in [0, 0.1) is 0 Å². The average molecular weight is 216 g/mol. The summed E-state index contributed by atoms with van der Waals surface area (Å²) in [5, 5.41) is 11.7. The van der Waals surface area contributed by atoms with Crippen LogP contribution in [0.1, 0.15) is 0 Å². The molecule has 0 aliphatic heterocycles. The number of hydrogen-bond acceptors (Lipinski definition) is 3. The van der Waals surface area contributed by atoms with Gasteiger partial charge >= 0.3 is 0 Å². The minimum absolute atomic E-state index is 0.0747. The molecular formula is C9H10ClNO3. The topological polar surface area (TPSA) is 58.6 Å². The molecule has 2 N–H and O–H groups in total. The van der Waals surface area contributed by atoms with E-state index >= 15 is 0 Å². The van der Waals surface area contributed by atoms with Gasteiger partial charge in [-0.2, -0.15) is 0 Å². The lowest BCUT2D eigenvalue weighted by atomic mass is 10.2. The van der Waals surface area contributed by atoms with Gasteiger partial charge in [0.15, 0.2) is 0 Å². The second-order valence-corrected chi connectivity index (χ2v) is 2.83. The van der Waals surface area contributed by atoms with Gasteiger partial charge in [0.2, 0.25) is 5.91 Å². The second-order valence-electron chi connectivity index (χ2n) is 2.57. The largest absolute Gasteiger partial charge is 0.508 e. The van der Waals surface area contributed by atoms with E-state index in [0.717, 1.165) is 0 Å². The van der Waals surface area contributed by atoms with Crippen LogP contribution in [0.2, 0.25) is 0 Å². The van der Waals surface area contributed by atoms with Crippen LogP contribution >= 0.6 is 11.6 Å². The second kappa shape index (κ2) is 4.72. The molecule has 0 aromatic heterocycles. The van der Waals surface area contributed by atoms with Crippen LogP contribution in [0.25, 0.3) is 0 Å². The SMILES string of the molecule is COc1cc(O)ccc1NC(=O)CCl. The third-order valence-electron chi connectivity index (χ3n) is 1.58. The van der Waals surface area contributed by atoms with Gasteiger partial charge in [-0.3, -0.25) is 4.79 Å². The zero-order valence-corrected chi connectivity index (χ0v) is 8.34. The number of anilines is 1. The number of methoxy groups -OCH3 is 1. The maximum Gasteiger partial charge on any atom is 0.239 e. The molecule has 0 spiro atoms. The molecule has 0 saturated carbocycles. The number of amides is 1. The van der Waals surface area contributed by atoms with Crippen LogP contribution in [0.3, 0.4) is 0 Å². The molecule has 14 heavy (non-hydrogen) atoms. The number of carbonyl (C=O) groups excluding carboxylic acids is 1. The number of phenols is 1. The number of carbonyl (C=O) groups is 1. The van der Waals surface area contributed by atoms with E-state index in [2.05, 4.69) is 5.32 Å². The molecular weight excluding hydrogens is 206 g/mol. The standard InChI is InChI=1S/C9H10ClNO3/c1-14-8-4-6(12)2-3-7(8)11-9(13)5-10/h2-4,12H,5H2,1H3,(H,11,13). The van der Waals surface area contributed by atoms with Gasteiger partial charge in [-0.05, 0) is 12.1 Å². The molecule has 0 heterocycles. The van der Waals surface area contributed by atoms with Gasteiger partial charge in [0.25, 0.3) is 0 Å². The van der Waals surface area contributed by atoms with E-state index in [1.54, 1.807) is 6.07 Å². The number of ether oxygens (including phenoxy) is 1. The first-order valence-corrected chi connectivity index (χ1v) is 4.43. The monoisotopic (exact) mass is 215 g/mol. The molecule has 76 valence electrons. The third kappa shape index (κ3) is 2.53. The molecule has 0 aliphatic rings. The van der Waals surface area contributed by atoms with E-state index in [4.69, 9.17) is 21.4 Å². The fraction of sp³-hybridized carbons (Fsp3) is 0.222. The maximum atomic E-state index is 11.0. The highest BCUT2D eigenvalue weighted by Gasteiger charge is 2.06. The van der Waals surface area contributed by atoms with Crippen LogP contribution in [-0.2, 0) is 4.79 Å². The van der Waals surface area contributed by atoms with Crippen LogP contribution in [0.5, 0.6) is 11.5 Å². The fourth-order valence-corrected chi connectivity index (χ4v) is 1.03. The summed E-state index contributed by atoms with van der Waals surface area (Å²) >= 11 is 5.33. The maximum absolute atomic E-state index is 11.0. The number of nitrogens with one attached hydrogen (secondary N) is 1. The van der Waals surface area contributed by atoms with E-state index in [1.807, 2.05) is 0 Å². The number of phenolic OH excluding ortho intramolecular Hbond substituents is 1. The van der Waals surface area contributed by atoms with Gasteiger partial charge in [0.1, 0.15) is 17.4 Å². The summed E-state index contributed by atoms with van der Waals surface area (Å²) in [5.41, 5.74) is 0.482. The van der Waals surface area contributed by atoms with Gasteiger partial charge in [0, 0.05) is 6.07 Å². The average Bonchev–Trinajstić information content (AvgIpc) is 2.20. The molecule has 0 unspecified atom stereocenters. The Balaban J connectivity index is 2.90. The first kappa shape index (κ1) is 10.7. The van der Waals surface area contributed by atoms with Crippen molar-refractivity contribution in [3.63, 3.8) is 0 Å². The van der Waals surface area contributed by atoms with Gasteiger partial charge in [-0.1, -0.05) is 0 Å². The number of benzene rings is 1.